The molecule has 0 aromatic carbocycles. The Morgan fingerprint density at radius 2 is 1.81 bits per heavy atom. The molecule has 1 rings (SSSR count). The average Bonchev–Trinajstić information content (AvgIpc) is 2.08. The van der Waals surface area contributed by atoms with Gasteiger partial charge in [-0.05, 0) is 32.4 Å². The third-order valence-electron chi connectivity index (χ3n) is 1.98. The lowest BCUT2D eigenvalue weighted by molar-refractivity contribution is -0.235. The molecule has 0 bridgehead atoms. The molecule has 1 aromatic rings. The van der Waals surface area contributed by atoms with Crippen molar-refractivity contribution in [3.8, 4) is 5.88 Å². The maximum Gasteiger partial charge on any atom is 0.427 e. The van der Waals surface area contributed by atoms with Crippen LogP contribution < -0.4 is 4.74 Å². The van der Waals surface area contributed by atoms with Crippen molar-refractivity contribution < 1.29 is 22.3 Å². The molecule has 0 radical (unpaired) electrons. The number of hydrogen-bond acceptors (Lipinski definition) is 2. The molecular weight excluding hydrogens is 226 g/mol. The van der Waals surface area contributed by atoms with Gasteiger partial charge in [0.1, 0.15) is 0 Å². The Bertz CT molecular complexity index is 387. The minimum absolute atomic E-state index is 0.509. The van der Waals surface area contributed by atoms with Crippen LogP contribution in [-0.4, -0.2) is 16.8 Å². The zero-order valence-electron chi connectivity index (χ0n) is 9.02. The normalized spacial score (nSPS) is 12.7. The second kappa shape index (κ2) is 3.92. The smallest absolute Gasteiger partial charge is 0.427 e. The molecule has 0 unspecified atom stereocenters. The monoisotopic (exact) mass is 237 g/mol. The summed E-state index contributed by atoms with van der Waals surface area (Å²) in [5, 5.41) is 0. The van der Waals surface area contributed by atoms with Gasteiger partial charge in [0.2, 0.25) is 0 Å². The van der Waals surface area contributed by atoms with Gasteiger partial charge in [-0.1, -0.05) is 0 Å². The van der Waals surface area contributed by atoms with Gasteiger partial charge >= 0.3 is 6.18 Å². The van der Waals surface area contributed by atoms with Crippen LogP contribution in [0.1, 0.15) is 19.4 Å². The zero-order chi connectivity index (χ0) is 12.6. The van der Waals surface area contributed by atoms with Crippen molar-refractivity contribution in [3.05, 3.63) is 23.6 Å². The van der Waals surface area contributed by atoms with E-state index >= 15 is 0 Å². The van der Waals surface area contributed by atoms with Crippen LogP contribution in [0.5, 0.6) is 5.88 Å². The first-order valence-corrected chi connectivity index (χ1v) is 4.51. The van der Waals surface area contributed by atoms with Crippen molar-refractivity contribution in [3.63, 3.8) is 0 Å². The van der Waals surface area contributed by atoms with Crippen molar-refractivity contribution in [2.75, 3.05) is 0 Å². The van der Waals surface area contributed by atoms with Crippen LogP contribution in [0.3, 0.4) is 0 Å². The largest absolute Gasteiger partial charge is 0.460 e. The van der Waals surface area contributed by atoms with Crippen LogP contribution in [0.4, 0.5) is 17.6 Å². The molecule has 0 amide bonds. The molecule has 1 aromatic heterocycles. The lowest BCUT2D eigenvalue weighted by atomic mass is 10.1. The Morgan fingerprint density at radius 1 is 1.25 bits per heavy atom. The van der Waals surface area contributed by atoms with Crippen molar-refractivity contribution >= 4 is 0 Å². The summed E-state index contributed by atoms with van der Waals surface area (Å²) in [5.41, 5.74) is -1.97. The molecule has 0 saturated heterocycles. The van der Waals surface area contributed by atoms with Gasteiger partial charge in [-0.2, -0.15) is 13.2 Å². The minimum Gasteiger partial charge on any atom is -0.460 e. The summed E-state index contributed by atoms with van der Waals surface area (Å²) in [6.45, 7) is 3.21. The van der Waals surface area contributed by atoms with E-state index in [-0.39, 0.29) is 0 Å². The highest BCUT2D eigenvalue weighted by atomic mass is 19.4. The average molecular weight is 237 g/mol. The van der Waals surface area contributed by atoms with Crippen LogP contribution in [0.2, 0.25) is 0 Å². The van der Waals surface area contributed by atoms with Crippen molar-refractivity contribution in [1.29, 1.82) is 0 Å². The van der Waals surface area contributed by atoms with E-state index in [0.717, 1.165) is 19.9 Å². The van der Waals surface area contributed by atoms with Gasteiger partial charge in [-0.15, -0.1) is 0 Å². The SMILES string of the molecule is Cc1cnc(OC(C)(C)C(F)(F)F)c(F)c1. The van der Waals surface area contributed by atoms with Crippen LogP contribution in [0.15, 0.2) is 12.3 Å². The van der Waals surface area contributed by atoms with E-state index in [4.69, 9.17) is 0 Å². The maximum atomic E-state index is 13.2. The van der Waals surface area contributed by atoms with Gasteiger partial charge in [-0.3, -0.25) is 0 Å². The third kappa shape index (κ3) is 2.62. The lowest BCUT2D eigenvalue weighted by Crippen LogP contribution is -2.45. The highest BCUT2D eigenvalue weighted by Gasteiger charge is 2.50. The first-order chi connectivity index (χ1) is 7.13. The van der Waals surface area contributed by atoms with Crippen molar-refractivity contribution in [2.45, 2.75) is 32.5 Å². The molecule has 0 atom stereocenters. The number of hydrogen-bond donors (Lipinski definition) is 0. The molecule has 0 aliphatic carbocycles. The van der Waals surface area contributed by atoms with E-state index in [1.54, 1.807) is 6.92 Å². The van der Waals surface area contributed by atoms with Gasteiger partial charge in [0.05, 0.1) is 0 Å². The lowest BCUT2D eigenvalue weighted by Gasteiger charge is -2.28. The van der Waals surface area contributed by atoms with E-state index in [9.17, 15) is 17.6 Å². The van der Waals surface area contributed by atoms with Crippen LogP contribution in [0, 0.1) is 12.7 Å². The van der Waals surface area contributed by atoms with Crippen molar-refractivity contribution in [2.24, 2.45) is 0 Å². The summed E-state index contributed by atoms with van der Waals surface area (Å²) >= 11 is 0. The molecule has 16 heavy (non-hydrogen) atoms. The molecular formula is C10H11F4NO. The first-order valence-electron chi connectivity index (χ1n) is 4.51. The molecule has 1 heterocycles. The number of aryl methyl sites for hydroxylation is 1. The molecule has 2 nitrogen and oxygen atoms in total. The summed E-state index contributed by atoms with van der Waals surface area (Å²) < 4.78 is 55.1. The second-order valence-electron chi connectivity index (χ2n) is 3.91. The topological polar surface area (TPSA) is 22.1 Å². The Morgan fingerprint density at radius 3 is 2.25 bits per heavy atom. The van der Waals surface area contributed by atoms with E-state index in [2.05, 4.69) is 9.72 Å². The number of halogens is 4. The number of ether oxygens (including phenoxy) is 1. The van der Waals surface area contributed by atoms with Gasteiger partial charge < -0.3 is 4.74 Å². The highest BCUT2D eigenvalue weighted by Crippen LogP contribution is 2.34. The van der Waals surface area contributed by atoms with E-state index < -0.39 is 23.5 Å². The summed E-state index contributed by atoms with van der Waals surface area (Å²) in [6.07, 6.45) is -3.35. The fourth-order valence-corrected chi connectivity index (χ4v) is 0.896. The summed E-state index contributed by atoms with van der Waals surface area (Å²) in [6, 6.07) is 1.06. The van der Waals surface area contributed by atoms with E-state index in [0.29, 0.717) is 5.56 Å². The second-order valence-corrected chi connectivity index (χ2v) is 3.91. The fraction of sp³-hybridized carbons (Fsp3) is 0.500. The first kappa shape index (κ1) is 12.7. The molecule has 0 saturated carbocycles. The van der Waals surface area contributed by atoms with Gasteiger partial charge in [0, 0.05) is 6.20 Å². The minimum atomic E-state index is -4.59. The van der Waals surface area contributed by atoms with Crippen LogP contribution in [0.25, 0.3) is 0 Å². The molecule has 0 fully saturated rings. The third-order valence-corrected chi connectivity index (χ3v) is 1.98. The molecule has 90 valence electrons. The molecule has 0 aliphatic heterocycles. The number of alkyl halides is 3. The number of nitrogens with zero attached hydrogens (tertiary/aromatic N) is 1. The summed E-state index contributed by atoms with van der Waals surface area (Å²) in [4.78, 5) is 3.48. The van der Waals surface area contributed by atoms with Crippen LogP contribution in [-0.2, 0) is 0 Å². The number of pyridine rings is 1. The Hall–Kier alpha value is -1.33. The Balaban J connectivity index is 2.97. The zero-order valence-corrected chi connectivity index (χ0v) is 9.02. The summed E-state index contributed by atoms with van der Waals surface area (Å²) in [7, 11) is 0. The van der Waals surface area contributed by atoms with Gasteiger partial charge in [0.25, 0.3) is 5.88 Å². The highest BCUT2D eigenvalue weighted by molar-refractivity contribution is 5.20. The van der Waals surface area contributed by atoms with Crippen LogP contribution >= 0.6 is 0 Å². The van der Waals surface area contributed by atoms with Gasteiger partial charge in [0.15, 0.2) is 11.4 Å². The molecule has 6 heteroatoms. The predicted molar refractivity (Wildman–Crippen MR) is 49.7 cm³/mol. The fourth-order valence-electron chi connectivity index (χ4n) is 0.896. The Kier molecular flexibility index (Phi) is 3.12. The standard InChI is InChI=1S/C10H11F4NO/c1-6-4-7(11)8(15-5-6)16-9(2,3)10(12,13)14/h4-5H,1-3H3. The van der Waals surface area contributed by atoms with E-state index in [1.165, 1.54) is 6.20 Å². The number of rotatable bonds is 2. The number of aromatic nitrogens is 1. The quantitative estimate of drug-likeness (QED) is 0.736. The van der Waals surface area contributed by atoms with Crippen molar-refractivity contribution in [1.82, 2.24) is 4.98 Å². The Labute approximate surface area is 90.3 Å². The molecule has 0 aliphatic rings. The van der Waals surface area contributed by atoms with Gasteiger partial charge in [-0.25, -0.2) is 9.37 Å². The maximum absolute atomic E-state index is 13.2. The van der Waals surface area contributed by atoms with E-state index in [1.807, 2.05) is 0 Å². The predicted octanol–water partition coefficient (Wildman–Crippen LogP) is 3.25. The molecule has 0 spiro atoms. The molecule has 0 N–H and O–H groups in total. The summed E-state index contributed by atoms with van der Waals surface area (Å²) in [5.74, 6) is -1.55.